The summed E-state index contributed by atoms with van der Waals surface area (Å²) >= 11 is 0. The third-order valence-corrected chi connectivity index (χ3v) is 2.74. The maximum absolute atomic E-state index is 11.1. The number of carbonyl (C=O) groups is 2. The molecule has 0 saturated carbocycles. The Morgan fingerprint density at radius 1 is 1.22 bits per heavy atom. The van der Waals surface area contributed by atoms with E-state index in [-0.39, 0.29) is 18.0 Å². The molecule has 1 amide bonds. The summed E-state index contributed by atoms with van der Waals surface area (Å²) in [5.74, 6) is -0.307. The molecule has 0 aliphatic heterocycles. The third-order valence-electron chi connectivity index (χ3n) is 2.74. The van der Waals surface area contributed by atoms with E-state index in [0.29, 0.717) is 13.0 Å². The Labute approximate surface area is 108 Å². The first-order valence-corrected chi connectivity index (χ1v) is 5.94. The van der Waals surface area contributed by atoms with Crippen molar-refractivity contribution in [3.05, 3.63) is 35.9 Å². The number of hydrogen-bond acceptors (Lipinski definition) is 3. The summed E-state index contributed by atoms with van der Waals surface area (Å²) in [6.07, 6.45) is 0.296. The standard InChI is InChI=1S/C14H19NO3/c1-11(16)15(3)10-9-14(18-12(2)17)13-7-5-4-6-8-13/h4-8,14H,9-10H2,1-3H3. The predicted molar refractivity (Wildman–Crippen MR) is 68.9 cm³/mol. The van der Waals surface area contributed by atoms with Crippen LogP contribution in [-0.4, -0.2) is 30.4 Å². The minimum Gasteiger partial charge on any atom is -0.458 e. The first kappa shape index (κ1) is 14.2. The Hall–Kier alpha value is -1.84. The number of ether oxygens (including phenoxy) is 1. The molecule has 1 aromatic carbocycles. The van der Waals surface area contributed by atoms with Crippen LogP contribution < -0.4 is 0 Å². The summed E-state index contributed by atoms with van der Waals surface area (Å²) < 4.78 is 5.29. The molecule has 98 valence electrons. The van der Waals surface area contributed by atoms with Crippen LogP contribution in [0.1, 0.15) is 31.9 Å². The van der Waals surface area contributed by atoms with Crippen LogP contribution in [0.5, 0.6) is 0 Å². The highest BCUT2D eigenvalue weighted by molar-refractivity contribution is 5.72. The largest absolute Gasteiger partial charge is 0.458 e. The van der Waals surface area contributed by atoms with Gasteiger partial charge in [0.05, 0.1) is 0 Å². The van der Waals surface area contributed by atoms with E-state index in [2.05, 4.69) is 0 Å². The smallest absolute Gasteiger partial charge is 0.303 e. The number of amides is 1. The Kier molecular flexibility index (Phi) is 5.36. The summed E-state index contributed by atoms with van der Waals surface area (Å²) in [7, 11) is 1.73. The van der Waals surface area contributed by atoms with Gasteiger partial charge in [0.2, 0.25) is 5.91 Å². The minimum absolute atomic E-state index is 0.00429. The van der Waals surface area contributed by atoms with Crippen molar-refractivity contribution < 1.29 is 14.3 Å². The van der Waals surface area contributed by atoms with Crippen LogP contribution >= 0.6 is 0 Å². The monoisotopic (exact) mass is 249 g/mol. The molecule has 0 N–H and O–H groups in total. The number of benzene rings is 1. The van der Waals surface area contributed by atoms with Crippen molar-refractivity contribution in [1.82, 2.24) is 4.90 Å². The normalized spacial score (nSPS) is 11.7. The number of hydrogen-bond donors (Lipinski definition) is 0. The second-order valence-electron chi connectivity index (χ2n) is 4.24. The van der Waals surface area contributed by atoms with Crippen LogP contribution in [0.25, 0.3) is 0 Å². The maximum Gasteiger partial charge on any atom is 0.303 e. The second kappa shape index (κ2) is 6.79. The van der Waals surface area contributed by atoms with Crippen molar-refractivity contribution in [3.8, 4) is 0 Å². The van der Waals surface area contributed by atoms with Gasteiger partial charge in [0.1, 0.15) is 6.10 Å². The average molecular weight is 249 g/mol. The highest BCUT2D eigenvalue weighted by Crippen LogP contribution is 2.21. The number of esters is 1. The van der Waals surface area contributed by atoms with Gasteiger partial charge in [-0.1, -0.05) is 30.3 Å². The van der Waals surface area contributed by atoms with Crippen LogP contribution in [-0.2, 0) is 14.3 Å². The SMILES string of the molecule is CC(=O)OC(CCN(C)C(C)=O)c1ccccc1. The molecule has 0 bridgehead atoms. The van der Waals surface area contributed by atoms with Gasteiger partial charge in [-0.25, -0.2) is 0 Å². The fourth-order valence-electron chi connectivity index (χ4n) is 1.63. The number of rotatable bonds is 5. The van der Waals surface area contributed by atoms with Gasteiger partial charge < -0.3 is 9.64 Å². The van der Waals surface area contributed by atoms with E-state index in [0.717, 1.165) is 5.56 Å². The molecule has 0 fully saturated rings. The van der Waals surface area contributed by atoms with Crippen LogP contribution in [0.2, 0.25) is 0 Å². The molecule has 0 saturated heterocycles. The zero-order valence-electron chi connectivity index (χ0n) is 11.1. The fourth-order valence-corrected chi connectivity index (χ4v) is 1.63. The molecule has 1 aromatic rings. The van der Waals surface area contributed by atoms with E-state index in [1.165, 1.54) is 13.8 Å². The molecule has 0 spiro atoms. The van der Waals surface area contributed by atoms with Gasteiger partial charge in [0, 0.05) is 33.9 Å². The molecule has 0 radical (unpaired) electrons. The summed E-state index contributed by atoms with van der Waals surface area (Å²) in [5.41, 5.74) is 0.949. The van der Waals surface area contributed by atoms with Crippen LogP contribution in [0.3, 0.4) is 0 Å². The lowest BCUT2D eigenvalue weighted by Crippen LogP contribution is -2.26. The second-order valence-corrected chi connectivity index (χ2v) is 4.24. The van der Waals surface area contributed by atoms with E-state index in [1.807, 2.05) is 30.3 Å². The molecular formula is C14H19NO3. The Morgan fingerprint density at radius 3 is 2.33 bits per heavy atom. The number of carbonyl (C=O) groups excluding carboxylic acids is 2. The Bertz CT molecular complexity index is 403. The van der Waals surface area contributed by atoms with Crippen LogP contribution in [0.4, 0.5) is 0 Å². The minimum atomic E-state index is -0.311. The molecule has 4 heteroatoms. The third kappa shape index (κ3) is 4.57. The van der Waals surface area contributed by atoms with Gasteiger partial charge in [-0.3, -0.25) is 9.59 Å². The van der Waals surface area contributed by atoms with E-state index in [4.69, 9.17) is 4.74 Å². The molecule has 0 aromatic heterocycles. The lowest BCUT2D eigenvalue weighted by molar-refractivity contribution is -0.147. The molecule has 1 unspecified atom stereocenters. The molecule has 4 nitrogen and oxygen atoms in total. The summed E-state index contributed by atoms with van der Waals surface area (Å²) in [6, 6.07) is 9.56. The molecule has 0 aliphatic carbocycles. The van der Waals surface area contributed by atoms with Crippen LogP contribution in [0.15, 0.2) is 30.3 Å². The Morgan fingerprint density at radius 2 is 1.83 bits per heavy atom. The summed E-state index contributed by atoms with van der Waals surface area (Å²) in [5, 5.41) is 0. The molecule has 0 aliphatic rings. The van der Waals surface area contributed by atoms with Gasteiger partial charge in [-0.15, -0.1) is 0 Å². The lowest BCUT2D eigenvalue weighted by atomic mass is 10.1. The van der Waals surface area contributed by atoms with Gasteiger partial charge in [0.25, 0.3) is 0 Å². The van der Waals surface area contributed by atoms with Gasteiger partial charge >= 0.3 is 5.97 Å². The van der Waals surface area contributed by atoms with Gasteiger partial charge in [-0.2, -0.15) is 0 Å². The predicted octanol–water partition coefficient (Wildman–Crippen LogP) is 2.16. The van der Waals surface area contributed by atoms with Crippen molar-refractivity contribution in [2.45, 2.75) is 26.4 Å². The first-order chi connectivity index (χ1) is 8.50. The fraction of sp³-hybridized carbons (Fsp3) is 0.429. The van der Waals surface area contributed by atoms with E-state index in [1.54, 1.807) is 11.9 Å². The van der Waals surface area contributed by atoms with Crippen molar-refractivity contribution in [2.24, 2.45) is 0 Å². The number of nitrogens with zero attached hydrogens (tertiary/aromatic N) is 1. The molecule has 1 atom stereocenters. The summed E-state index contributed by atoms with van der Waals surface area (Å²) in [6.45, 7) is 3.47. The van der Waals surface area contributed by atoms with E-state index in [9.17, 15) is 9.59 Å². The molecule has 0 heterocycles. The van der Waals surface area contributed by atoms with Gasteiger partial charge in [0.15, 0.2) is 0 Å². The molecule has 18 heavy (non-hydrogen) atoms. The van der Waals surface area contributed by atoms with Gasteiger partial charge in [-0.05, 0) is 5.56 Å². The summed E-state index contributed by atoms with van der Waals surface area (Å²) in [4.78, 5) is 23.8. The Balaban J connectivity index is 2.68. The van der Waals surface area contributed by atoms with Crippen molar-refractivity contribution in [3.63, 3.8) is 0 Å². The zero-order valence-corrected chi connectivity index (χ0v) is 11.1. The van der Waals surface area contributed by atoms with E-state index < -0.39 is 0 Å². The first-order valence-electron chi connectivity index (χ1n) is 5.94. The molecule has 1 rings (SSSR count). The van der Waals surface area contributed by atoms with Crippen molar-refractivity contribution >= 4 is 11.9 Å². The van der Waals surface area contributed by atoms with Crippen molar-refractivity contribution in [2.75, 3.05) is 13.6 Å². The van der Waals surface area contributed by atoms with Crippen molar-refractivity contribution in [1.29, 1.82) is 0 Å². The quantitative estimate of drug-likeness (QED) is 0.751. The van der Waals surface area contributed by atoms with Crippen LogP contribution in [0, 0.1) is 0 Å². The zero-order chi connectivity index (χ0) is 13.5. The molecular weight excluding hydrogens is 230 g/mol. The maximum atomic E-state index is 11.1. The van der Waals surface area contributed by atoms with E-state index >= 15 is 0 Å². The average Bonchev–Trinajstić information content (AvgIpc) is 2.34. The highest BCUT2D eigenvalue weighted by Gasteiger charge is 2.15. The highest BCUT2D eigenvalue weighted by atomic mass is 16.5. The topological polar surface area (TPSA) is 46.6 Å². The lowest BCUT2D eigenvalue weighted by Gasteiger charge is -2.21.